The van der Waals surface area contributed by atoms with Crippen molar-refractivity contribution >= 4 is 36.4 Å². The molecule has 1 aliphatic rings. The van der Waals surface area contributed by atoms with Crippen LogP contribution >= 0.6 is 36.4 Å². The summed E-state index contributed by atoms with van der Waals surface area (Å²) in [5, 5.41) is 0.739. The Hall–Kier alpha value is -1.000. The van der Waals surface area contributed by atoms with Gasteiger partial charge in [-0.05, 0) is 50.2 Å². The van der Waals surface area contributed by atoms with Crippen molar-refractivity contribution in [1.82, 2.24) is 9.88 Å². The van der Waals surface area contributed by atoms with Gasteiger partial charge in [0.1, 0.15) is 12.4 Å². The molecule has 0 radical (unpaired) electrons. The van der Waals surface area contributed by atoms with E-state index in [-0.39, 0.29) is 24.8 Å². The maximum atomic E-state index is 5.92. The first kappa shape index (κ1) is 20.0. The number of rotatable bonds is 4. The molecule has 0 unspecified atom stereocenters. The highest BCUT2D eigenvalue weighted by molar-refractivity contribution is 6.30. The molecule has 23 heavy (non-hydrogen) atoms. The number of hydrogen-bond acceptors (Lipinski definition) is 3. The lowest BCUT2D eigenvalue weighted by Crippen LogP contribution is -2.30. The Morgan fingerprint density at radius 3 is 2.57 bits per heavy atom. The Kier molecular flexibility index (Phi) is 8.13. The molecular formula is C17H21Cl3N2O. The van der Waals surface area contributed by atoms with Gasteiger partial charge in [0.15, 0.2) is 0 Å². The van der Waals surface area contributed by atoms with E-state index in [4.69, 9.17) is 16.3 Å². The van der Waals surface area contributed by atoms with E-state index in [0.717, 1.165) is 35.1 Å². The van der Waals surface area contributed by atoms with Gasteiger partial charge in [-0.25, -0.2) is 0 Å². The summed E-state index contributed by atoms with van der Waals surface area (Å²) in [6.07, 6.45) is 6.08. The largest absolute Gasteiger partial charge is 0.490 e. The second kappa shape index (κ2) is 9.33. The maximum Gasteiger partial charge on any atom is 0.138 e. The van der Waals surface area contributed by atoms with Gasteiger partial charge in [0, 0.05) is 22.8 Å². The maximum absolute atomic E-state index is 5.92. The van der Waals surface area contributed by atoms with Gasteiger partial charge in [0.25, 0.3) is 0 Å². The summed E-state index contributed by atoms with van der Waals surface area (Å²) in [5.41, 5.74) is 2.14. The number of benzene rings is 1. The predicted octanol–water partition coefficient (Wildman–Crippen LogP) is 4.72. The normalized spacial score (nSPS) is 17.2. The Balaban J connectivity index is 0.00000132. The van der Waals surface area contributed by atoms with Crippen LogP contribution in [0.2, 0.25) is 5.02 Å². The zero-order valence-corrected chi connectivity index (χ0v) is 15.3. The number of nitrogens with zero attached hydrogens (tertiary/aromatic N) is 2. The summed E-state index contributed by atoms with van der Waals surface area (Å²) in [7, 11) is 2.16. The molecule has 0 aliphatic carbocycles. The fraction of sp³-hybridized carbons (Fsp3) is 0.353. The molecule has 2 aromatic rings. The van der Waals surface area contributed by atoms with E-state index in [1.54, 1.807) is 6.20 Å². The van der Waals surface area contributed by atoms with Crippen LogP contribution in [0.4, 0.5) is 0 Å². The number of likely N-dealkylation sites (tertiary alicyclic amines) is 1. The van der Waals surface area contributed by atoms with Crippen LogP contribution < -0.4 is 4.74 Å². The minimum Gasteiger partial charge on any atom is -0.490 e. The summed E-state index contributed by atoms with van der Waals surface area (Å²) in [4.78, 5) is 6.63. The SMILES string of the molecule is CN1CCC[C@@H]1COc1cncc(-c2ccc(Cl)cc2)c1.Cl.Cl. The second-order valence-corrected chi connectivity index (χ2v) is 5.94. The Labute approximate surface area is 154 Å². The zero-order valence-electron chi connectivity index (χ0n) is 12.9. The van der Waals surface area contributed by atoms with Crippen molar-refractivity contribution in [1.29, 1.82) is 0 Å². The monoisotopic (exact) mass is 374 g/mol. The van der Waals surface area contributed by atoms with E-state index in [9.17, 15) is 0 Å². The molecule has 1 atom stereocenters. The number of hydrogen-bond donors (Lipinski definition) is 0. The Morgan fingerprint density at radius 1 is 1.17 bits per heavy atom. The first-order valence-electron chi connectivity index (χ1n) is 7.26. The summed E-state index contributed by atoms with van der Waals surface area (Å²) < 4.78 is 5.92. The Morgan fingerprint density at radius 2 is 1.91 bits per heavy atom. The highest BCUT2D eigenvalue weighted by Crippen LogP contribution is 2.24. The lowest BCUT2D eigenvalue weighted by atomic mass is 10.1. The third-order valence-electron chi connectivity index (χ3n) is 4.00. The number of aromatic nitrogens is 1. The molecule has 2 heterocycles. The summed E-state index contributed by atoms with van der Waals surface area (Å²) in [5.74, 6) is 0.822. The summed E-state index contributed by atoms with van der Waals surface area (Å²) >= 11 is 5.92. The molecular weight excluding hydrogens is 355 g/mol. The highest BCUT2D eigenvalue weighted by atomic mass is 35.5. The van der Waals surface area contributed by atoms with Gasteiger partial charge in [-0.2, -0.15) is 0 Å². The van der Waals surface area contributed by atoms with Crippen molar-refractivity contribution in [3.8, 4) is 16.9 Å². The molecule has 3 rings (SSSR count). The fourth-order valence-electron chi connectivity index (χ4n) is 2.68. The van der Waals surface area contributed by atoms with E-state index in [2.05, 4.69) is 16.9 Å². The van der Waals surface area contributed by atoms with Gasteiger partial charge < -0.3 is 9.64 Å². The van der Waals surface area contributed by atoms with Crippen LogP contribution in [0.5, 0.6) is 5.75 Å². The van der Waals surface area contributed by atoms with Crippen molar-refractivity contribution in [2.24, 2.45) is 0 Å². The molecule has 0 saturated carbocycles. The average Bonchev–Trinajstić information content (AvgIpc) is 2.91. The van der Waals surface area contributed by atoms with Gasteiger partial charge in [0.05, 0.1) is 6.20 Å². The van der Waals surface area contributed by atoms with Crippen LogP contribution in [-0.2, 0) is 0 Å². The number of likely N-dealkylation sites (N-methyl/N-ethyl adjacent to an activating group) is 1. The van der Waals surface area contributed by atoms with Crippen LogP contribution in [-0.4, -0.2) is 36.1 Å². The van der Waals surface area contributed by atoms with Crippen LogP contribution in [0.3, 0.4) is 0 Å². The Bertz CT molecular complexity index is 607. The van der Waals surface area contributed by atoms with E-state index in [0.29, 0.717) is 6.04 Å². The lowest BCUT2D eigenvalue weighted by Gasteiger charge is -2.19. The highest BCUT2D eigenvalue weighted by Gasteiger charge is 2.21. The minimum absolute atomic E-state index is 0. The second-order valence-electron chi connectivity index (χ2n) is 5.50. The molecule has 1 aliphatic heterocycles. The van der Waals surface area contributed by atoms with Crippen molar-refractivity contribution in [2.45, 2.75) is 18.9 Å². The third-order valence-corrected chi connectivity index (χ3v) is 4.26. The van der Waals surface area contributed by atoms with Gasteiger partial charge in [-0.1, -0.05) is 23.7 Å². The van der Waals surface area contributed by atoms with Crippen LogP contribution in [0.1, 0.15) is 12.8 Å². The number of pyridine rings is 1. The van der Waals surface area contributed by atoms with Gasteiger partial charge in [-0.15, -0.1) is 24.8 Å². The quantitative estimate of drug-likeness (QED) is 0.773. The molecule has 1 aromatic heterocycles. The molecule has 3 nitrogen and oxygen atoms in total. The van der Waals surface area contributed by atoms with E-state index in [1.807, 2.05) is 36.5 Å². The van der Waals surface area contributed by atoms with Crippen LogP contribution in [0.25, 0.3) is 11.1 Å². The minimum atomic E-state index is 0. The fourth-order valence-corrected chi connectivity index (χ4v) is 2.81. The first-order valence-corrected chi connectivity index (χ1v) is 7.64. The molecule has 0 N–H and O–H groups in total. The molecule has 0 amide bonds. The van der Waals surface area contributed by atoms with E-state index in [1.165, 1.54) is 12.8 Å². The molecule has 0 bridgehead atoms. The van der Waals surface area contributed by atoms with Gasteiger partial charge >= 0.3 is 0 Å². The molecule has 0 spiro atoms. The molecule has 6 heteroatoms. The summed E-state index contributed by atoms with van der Waals surface area (Å²) in [6.45, 7) is 1.89. The molecule has 1 saturated heterocycles. The average molecular weight is 376 g/mol. The van der Waals surface area contributed by atoms with Crippen LogP contribution in [0, 0.1) is 0 Å². The number of ether oxygens (including phenoxy) is 1. The first-order chi connectivity index (χ1) is 10.2. The lowest BCUT2D eigenvalue weighted by molar-refractivity contribution is 0.198. The van der Waals surface area contributed by atoms with Gasteiger partial charge in [0.2, 0.25) is 0 Å². The third kappa shape index (κ3) is 5.25. The topological polar surface area (TPSA) is 25.4 Å². The zero-order chi connectivity index (χ0) is 14.7. The van der Waals surface area contributed by atoms with E-state index >= 15 is 0 Å². The smallest absolute Gasteiger partial charge is 0.138 e. The predicted molar refractivity (Wildman–Crippen MR) is 100 cm³/mol. The standard InChI is InChI=1S/C17H19ClN2O.2ClH/c1-20-8-2-3-16(20)12-21-17-9-14(10-19-11-17)13-4-6-15(18)7-5-13;;/h4-7,9-11,16H,2-3,8,12H2,1H3;2*1H/t16-;;/m1../s1. The molecule has 1 aromatic carbocycles. The molecule has 126 valence electrons. The summed E-state index contributed by atoms with van der Waals surface area (Å²) in [6, 6.07) is 10.3. The van der Waals surface area contributed by atoms with Gasteiger partial charge in [-0.3, -0.25) is 4.98 Å². The van der Waals surface area contributed by atoms with E-state index < -0.39 is 0 Å². The van der Waals surface area contributed by atoms with Crippen molar-refractivity contribution < 1.29 is 4.74 Å². The van der Waals surface area contributed by atoms with Crippen molar-refractivity contribution in [3.05, 3.63) is 47.7 Å². The number of halogens is 3. The van der Waals surface area contributed by atoms with Crippen molar-refractivity contribution in [3.63, 3.8) is 0 Å². The van der Waals surface area contributed by atoms with Crippen molar-refractivity contribution in [2.75, 3.05) is 20.2 Å². The molecule has 1 fully saturated rings. The van der Waals surface area contributed by atoms with Crippen LogP contribution in [0.15, 0.2) is 42.7 Å².